The van der Waals surface area contributed by atoms with E-state index < -0.39 is 27.8 Å². The molecule has 2 aromatic carbocycles. The summed E-state index contributed by atoms with van der Waals surface area (Å²) >= 11 is 0. The van der Waals surface area contributed by atoms with Gasteiger partial charge in [0.2, 0.25) is 0 Å². The van der Waals surface area contributed by atoms with E-state index in [1.165, 1.54) is 16.6 Å². The normalized spacial score (nSPS) is 17.6. The van der Waals surface area contributed by atoms with Crippen LogP contribution in [0.15, 0.2) is 65.4 Å². The maximum absolute atomic E-state index is 13.5. The zero-order valence-electron chi connectivity index (χ0n) is 17.0. The molecule has 0 aromatic heterocycles. The molecule has 0 radical (unpaired) electrons. The molecule has 0 amide bonds. The maximum Gasteiger partial charge on any atom is 0.416 e. The van der Waals surface area contributed by atoms with Crippen LogP contribution in [0.4, 0.5) is 13.2 Å². The van der Waals surface area contributed by atoms with Crippen LogP contribution in [0, 0.1) is 12.8 Å². The van der Waals surface area contributed by atoms with Crippen molar-refractivity contribution < 1.29 is 26.3 Å². The van der Waals surface area contributed by atoms with Gasteiger partial charge >= 0.3 is 6.18 Å². The molecule has 0 spiro atoms. The van der Waals surface area contributed by atoms with Gasteiger partial charge in [-0.05, 0) is 36.6 Å². The Hall–Kier alpha value is -2.48. The van der Waals surface area contributed by atoms with Crippen LogP contribution in [0.3, 0.4) is 0 Å². The lowest BCUT2D eigenvalue weighted by molar-refractivity contribution is -0.137. The SMILES string of the molecule is Cc1ccc(S(=O)(=O)N2C(Cc3cccc(C(F)(F)F)c3)=COC[C@@H]2C(C)C)cc1. The summed E-state index contributed by atoms with van der Waals surface area (Å²) < 4.78 is 73.1. The molecule has 0 bridgehead atoms. The van der Waals surface area contributed by atoms with E-state index in [-0.39, 0.29) is 23.8 Å². The molecule has 1 aliphatic heterocycles. The molecular weight excluding hydrogens is 415 g/mol. The predicted octanol–water partition coefficient (Wildman–Crippen LogP) is 5.14. The molecule has 8 heteroatoms. The number of ether oxygens (including phenoxy) is 1. The number of allylic oxidation sites excluding steroid dienone is 1. The third-order valence-electron chi connectivity index (χ3n) is 5.06. The fraction of sp³-hybridized carbons (Fsp3) is 0.364. The van der Waals surface area contributed by atoms with Gasteiger partial charge in [-0.1, -0.05) is 49.7 Å². The van der Waals surface area contributed by atoms with Crippen molar-refractivity contribution in [1.82, 2.24) is 4.31 Å². The zero-order chi connectivity index (χ0) is 22.1. The van der Waals surface area contributed by atoms with Crippen LogP contribution in [-0.2, 0) is 27.4 Å². The highest BCUT2D eigenvalue weighted by atomic mass is 32.2. The monoisotopic (exact) mass is 439 g/mol. The number of alkyl halides is 3. The largest absolute Gasteiger partial charge is 0.497 e. The van der Waals surface area contributed by atoms with Crippen LogP contribution in [0.25, 0.3) is 0 Å². The van der Waals surface area contributed by atoms with Gasteiger partial charge in [-0.3, -0.25) is 4.31 Å². The molecule has 0 fully saturated rings. The highest BCUT2D eigenvalue weighted by Gasteiger charge is 2.38. The molecule has 3 rings (SSSR count). The van der Waals surface area contributed by atoms with Crippen molar-refractivity contribution in [3.8, 4) is 0 Å². The van der Waals surface area contributed by atoms with Gasteiger partial charge in [-0.15, -0.1) is 0 Å². The summed E-state index contributed by atoms with van der Waals surface area (Å²) in [5, 5.41) is 0. The molecule has 1 heterocycles. The topological polar surface area (TPSA) is 46.6 Å². The Kier molecular flexibility index (Phi) is 6.17. The van der Waals surface area contributed by atoms with Crippen molar-refractivity contribution in [1.29, 1.82) is 0 Å². The average molecular weight is 439 g/mol. The second-order valence-corrected chi connectivity index (χ2v) is 9.56. The van der Waals surface area contributed by atoms with Crippen molar-refractivity contribution in [3.05, 3.63) is 77.2 Å². The van der Waals surface area contributed by atoms with E-state index in [0.717, 1.165) is 17.7 Å². The summed E-state index contributed by atoms with van der Waals surface area (Å²) in [6.45, 7) is 5.81. The lowest BCUT2D eigenvalue weighted by Crippen LogP contribution is -2.47. The molecular formula is C22H24F3NO3S. The van der Waals surface area contributed by atoms with Crippen molar-refractivity contribution >= 4 is 10.0 Å². The van der Waals surface area contributed by atoms with Gasteiger partial charge in [-0.2, -0.15) is 13.2 Å². The lowest BCUT2D eigenvalue weighted by Gasteiger charge is -2.39. The smallest absolute Gasteiger partial charge is 0.416 e. The maximum atomic E-state index is 13.5. The summed E-state index contributed by atoms with van der Waals surface area (Å²) in [6.07, 6.45) is -3.13. The van der Waals surface area contributed by atoms with Gasteiger partial charge in [0.15, 0.2) is 0 Å². The molecule has 0 saturated heterocycles. The lowest BCUT2D eigenvalue weighted by atomic mass is 10.0. The zero-order valence-corrected chi connectivity index (χ0v) is 17.8. The Morgan fingerprint density at radius 1 is 1.13 bits per heavy atom. The summed E-state index contributed by atoms with van der Waals surface area (Å²) in [4.78, 5) is 0.135. The number of rotatable bonds is 5. The first-order chi connectivity index (χ1) is 14.0. The van der Waals surface area contributed by atoms with Crippen molar-refractivity contribution in [2.75, 3.05) is 6.61 Å². The first-order valence-electron chi connectivity index (χ1n) is 9.58. The van der Waals surface area contributed by atoms with Crippen LogP contribution in [0.5, 0.6) is 0 Å². The number of sulfonamides is 1. The number of halogens is 3. The van der Waals surface area contributed by atoms with Gasteiger partial charge in [0.05, 0.1) is 22.2 Å². The molecule has 1 atom stereocenters. The Morgan fingerprint density at radius 2 is 1.80 bits per heavy atom. The average Bonchev–Trinajstić information content (AvgIpc) is 2.67. The number of aryl methyl sites for hydroxylation is 1. The molecule has 4 nitrogen and oxygen atoms in total. The molecule has 30 heavy (non-hydrogen) atoms. The van der Waals surface area contributed by atoms with E-state index >= 15 is 0 Å². The highest BCUT2D eigenvalue weighted by molar-refractivity contribution is 7.89. The van der Waals surface area contributed by atoms with Crippen LogP contribution < -0.4 is 0 Å². The predicted molar refractivity (Wildman–Crippen MR) is 108 cm³/mol. The fourth-order valence-electron chi connectivity index (χ4n) is 3.38. The summed E-state index contributed by atoms with van der Waals surface area (Å²) in [6, 6.07) is 10.9. The molecule has 0 aliphatic carbocycles. The minimum absolute atomic E-state index is 0.00175. The number of benzene rings is 2. The van der Waals surface area contributed by atoms with Gasteiger partial charge in [0, 0.05) is 6.42 Å². The third kappa shape index (κ3) is 4.64. The van der Waals surface area contributed by atoms with Gasteiger partial charge in [-0.25, -0.2) is 8.42 Å². The number of hydrogen-bond donors (Lipinski definition) is 0. The van der Waals surface area contributed by atoms with Crippen LogP contribution in [-0.4, -0.2) is 25.4 Å². The highest BCUT2D eigenvalue weighted by Crippen LogP contribution is 2.33. The summed E-state index contributed by atoms with van der Waals surface area (Å²) in [5.74, 6) is -0.0598. The molecule has 0 unspecified atom stereocenters. The van der Waals surface area contributed by atoms with Crippen molar-refractivity contribution in [2.45, 2.75) is 44.3 Å². The first-order valence-corrected chi connectivity index (χ1v) is 11.0. The molecule has 0 N–H and O–H groups in total. The third-order valence-corrected chi connectivity index (χ3v) is 6.95. The molecule has 2 aromatic rings. The van der Waals surface area contributed by atoms with E-state index in [9.17, 15) is 21.6 Å². The Bertz CT molecular complexity index is 1030. The minimum Gasteiger partial charge on any atom is -0.497 e. The second-order valence-electron chi connectivity index (χ2n) is 7.74. The van der Waals surface area contributed by atoms with Crippen LogP contribution in [0.2, 0.25) is 0 Å². The van der Waals surface area contributed by atoms with E-state index in [0.29, 0.717) is 11.3 Å². The Labute approximate surface area is 175 Å². The van der Waals surface area contributed by atoms with Crippen LogP contribution in [0.1, 0.15) is 30.5 Å². The van der Waals surface area contributed by atoms with Crippen LogP contribution >= 0.6 is 0 Å². The standard InChI is InChI=1S/C22H24F3NO3S/c1-15(2)21-14-29-13-19(12-17-5-4-6-18(11-17)22(23,24)25)26(21)30(27,28)20-9-7-16(3)8-10-20/h4-11,13,15,21H,12,14H2,1-3H3/t21-/m1/s1. The molecule has 1 aliphatic rings. The molecule has 0 saturated carbocycles. The minimum atomic E-state index is -4.47. The van der Waals surface area contributed by atoms with Gasteiger partial charge < -0.3 is 4.74 Å². The Balaban J connectivity index is 2.02. The van der Waals surface area contributed by atoms with E-state index in [2.05, 4.69) is 0 Å². The van der Waals surface area contributed by atoms with Gasteiger partial charge in [0.1, 0.15) is 12.9 Å². The first kappa shape index (κ1) is 22.2. The summed E-state index contributed by atoms with van der Waals surface area (Å²) in [5.41, 5.74) is 0.815. The number of nitrogens with zero attached hydrogens (tertiary/aromatic N) is 1. The van der Waals surface area contributed by atoms with Crippen molar-refractivity contribution in [2.24, 2.45) is 5.92 Å². The van der Waals surface area contributed by atoms with E-state index in [1.807, 2.05) is 20.8 Å². The van der Waals surface area contributed by atoms with E-state index in [1.54, 1.807) is 30.3 Å². The van der Waals surface area contributed by atoms with E-state index in [4.69, 9.17) is 4.74 Å². The van der Waals surface area contributed by atoms with Gasteiger partial charge in [0.25, 0.3) is 10.0 Å². The number of hydrogen-bond acceptors (Lipinski definition) is 3. The quantitative estimate of drug-likeness (QED) is 0.648. The summed E-state index contributed by atoms with van der Waals surface area (Å²) in [7, 11) is -3.92. The molecule has 162 valence electrons. The van der Waals surface area contributed by atoms with Crippen molar-refractivity contribution in [3.63, 3.8) is 0 Å². The fourth-order valence-corrected chi connectivity index (χ4v) is 5.17. The second kappa shape index (κ2) is 8.34. The Morgan fingerprint density at radius 3 is 2.40 bits per heavy atom.